The molecular formula is C16H16NO4Y-. The van der Waals surface area contributed by atoms with E-state index in [0.717, 1.165) is 0 Å². The third-order valence-corrected chi connectivity index (χ3v) is 2.71. The molecular weight excluding hydrogens is 359 g/mol. The van der Waals surface area contributed by atoms with Crippen LogP contribution in [0.1, 0.15) is 5.69 Å². The van der Waals surface area contributed by atoms with E-state index in [4.69, 9.17) is 14.2 Å². The smallest absolute Gasteiger partial charge is 0.164 e. The fraction of sp³-hybridized carbons (Fsp3) is 0.250. The van der Waals surface area contributed by atoms with Crippen LogP contribution in [0.25, 0.3) is 0 Å². The molecule has 22 heavy (non-hydrogen) atoms. The fourth-order valence-corrected chi connectivity index (χ4v) is 1.80. The number of hydrogen-bond acceptors (Lipinski definition) is 5. The SMILES string of the molecule is COCC(=O)Cc1cc(Oc2cc[c-]cc2OC)ccn1.[Y]. The Morgan fingerprint density at radius 3 is 2.82 bits per heavy atom. The van der Waals surface area contributed by atoms with Crippen LogP contribution in [-0.4, -0.2) is 31.6 Å². The van der Waals surface area contributed by atoms with Crippen LogP contribution in [0.3, 0.4) is 0 Å². The van der Waals surface area contributed by atoms with E-state index in [1.807, 2.05) is 0 Å². The first kappa shape index (κ1) is 18.8. The number of rotatable bonds is 7. The van der Waals surface area contributed by atoms with Crippen molar-refractivity contribution in [3.8, 4) is 17.2 Å². The molecule has 0 aliphatic heterocycles. The number of hydrogen-bond donors (Lipinski definition) is 0. The summed E-state index contributed by atoms with van der Waals surface area (Å²) in [6.45, 7) is 0.0785. The zero-order chi connectivity index (χ0) is 15.1. The third-order valence-electron chi connectivity index (χ3n) is 2.71. The minimum atomic E-state index is -0.0333. The summed E-state index contributed by atoms with van der Waals surface area (Å²) in [5.41, 5.74) is 0.635. The average Bonchev–Trinajstić information content (AvgIpc) is 2.48. The van der Waals surface area contributed by atoms with Gasteiger partial charge >= 0.3 is 0 Å². The number of ketones is 1. The predicted octanol–water partition coefficient (Wildman–Crippen LogP) is 2.44. The van der Waals surface area contributed by atoms with Crippen molar-refractivity contribution in [2.45, 2.75) is 6.42 Å². The maximum atomic E-state index is 11.6. The summed E-state index contributed by atoms with van der Waals surface area (Å²) in [4.78, 5) is 15.7. The number of Topliss-reactive ketones (excluding diaryl/α,β-unsaturated/α-hetero) is 1. The molecule has 1 aromatic heterocycles. The van der Waals surface area contributed by atoms with E-state index in [2.05, 4.69) is 11.1 Å². The van der Waals surface area contributed by atoms with Gasteiger partial charge in [0.2, 0.25) is 0 Å². The maximum absolute atomic E-state index is 11.6. The summed E-state index contributed by atoms with van der Waals surface area (Å²) in [5, 5.41) is 0. The molecule has 0 amide bonds. The number of nitrogens with zero attached hydrogens (tertiary/aromatic N) is 1. The molecule has 1 aromatic carbocycles. The predicted molar refractivity (Wildman–Crippen MR) is 76.7 cm³/mol. The number of aromatic nitrogens is 1. The van der Waals surface area contributed by atoms with Crippen molar-refractivity contribution in [1.82, 2.24) is 4.98 Å². The van der Waals surface area contributed by atoms with Gasteiger partial charge in [-0.2, -0.15) is 12.1 Å². The Bertz CT molecular complexity index is 619. The Morgan fingerprint density at radius 2 is 2.09 bits per heavy atom. The monoisotopic (exact) mass is 375 g/mol. The van der Waals surface area contributed by atoms with Crippen LogP contribution in [-0.2, 0) is 48.7 Å². The quantitative estimate of drug-likeness (QED) is 0.696. The Labute approximate surface area is 154 Å². The first-order valence-corrected chi connectivity index (χ1v) is 6.40. The van der Waals surface area contributed by atoms with E-state index in [1.165, 1.54) is 7.11 Å². The number of benzene rings is 1. The van der Waals surface area contributed by atoms with Crippen molar-refractivity contribution in [3.05, 3.63) is 48.3 Å². The van der Waals surface area contributed by atoms with Crippen LogP contribution >= 0.6 is 0 Å². The third kappa shape index (κ3) is 5.48. The number of pyridine rings is 1. The number of ether oxygens (including phenoxy) is 3. The van der Waals surface area contributed by atoms with Crippen molar-refractivity contribution in [1.29, 1.82) is 0 Å². The molecule has 5 nitrogen and oxygen atoms in total. The normalized spacial score (nSPS) is 9.73. The molecule has 0 saturated carbocycles. The van der Waals surface area contributed by atoms with Crippen LogP contribution < -0.4 is 9.47 Å². The number of methoxy groups -OCH3 is 2. The molecule has 6 heteroatoms. The van der Waals surface area contributed by atoms with Crippen LogP contribution in [0.2, 0.25) is 0 Å². The first-order chi connectivity index (χ1) is 10.2. The summed E-state index contributed by atoms with van der Waals surface area (Å²) >= 11 is 0. The molecule has 0 atom stereocenters. The van der Waals surface area contributed by atoms with Crippen molar-refractivity contribution < 1.29 is 51.7 Å². The Balaban J connectivity index is 0.00000242. The summed E-state index contributed by atoms with van der Waals surface area (Å²) in [5.74, 6) is 1.73. The van der Waals surface area contributed by atoms with Crippen molar-refractivity contribution in [2.75, 3.05) is 20.8 Å². The van der Waals surface area contributed by atoms with Gasteiger partial charge in [0, 0.05) is 57.8 Å². The van der Waals surface area contributed by atoms with Gasteiger partial charge in [-0.15, -0.1) is 12.1 Å². The molecule has 0 fully saturated rings. The Kier molecular flexibility index (Phi) is 8.24. The second-order valence-corrected chi connectivity index (χ2v) is 4.31. The van der Waals surface area contributed by atoms with Gasteiger partial charge in [0.05, 0.1) is 25.0 Å². The standard InChI is InChI=1S/C16H16NO4.Y/c1-19-11-13(18)9-12-10-14(7-8-17-12)21-16-6-4-3-5-15(16)20-2;/h4-8,10H,9,11H2,1-2H3;/q-1;. The second-order valence-electron chi connectivity index (χ2n) is 4.31. The molecule has 2 rings (SSSR count). The van der Waals surface area contributed by atoms with Crippen molar-refractivity contribution >= 4 is 5.78 Å². The molecule has 0 aliphatic carbocycles. The first-order valence-electron chi connectivity index (χ1n) is 6.40. The van der Waals surface area contributed by atoms with Gasteiger partial charge < -0.3 is 14.2 Å². The Hall–Kier alpha value is -1.30. The van der Waals surface area contributed by atoms with Gasteiger partial charge in [-0.1, -0.05) is 0 Å². The molecule has 1 heterocycles. The van der Waals surface area contributed by atoms with Gasteiger partial charge in [0.1, 0.15) is 12.4 Å². The van der Waals surface area contributed by atoms with Crippen LogP contribution in [0, 0.1) is 6.07 Å². The zero-order valence-corrected chi connectivity index (χ0v) is 15.4. The maximum Gasteiger partial charge on any atom is 0.164 e. The molecule has 0 N–H and O–H groups in total. The van der Waals surface area contributed by atoms with Crippen LogP contribution in [0.5, 0.6) is 17.2 Å². The molecule has 2 aromatic rings. The summed E-state index contributed by atoms with van der Waals surface area (Å²) in [6, 6.07) is 11.6. The van der Waals surface area contributed by atoms with E-state index in [9.17, 15) is 4.79 Å². The minimum Gasteiger partial charge on any atom is -0.551 e. The van der Waals surface area contributed by atoms with Crippen molar-refractivity contribution in [3.63, 3.8) is 0 Å². The van der Waals surface area contributed by atoms with Gasteiger partial charge in [-0.3, -0.25) is 9.78 Å². The summed E-state index contributed by atoms with van der Waals surface area (Å²) in [6.07, 6.45) is 1.82. The molecule has 0 unspecified atom stereocenters. The summed E-state index contributed by atoms with van der Waals surface area (Å²) in [7, 11) is 3.06. The van der Waals surface area contributed by atoms with Gasteiger partial charge in [0.15, 0.2) is 5.78 Å². The van der Waals surface area contributed by atoms with E-state index < -0.39 is 0 Å². The van der Waals surface area contributed by atoms with E-state index in [-0.39, 0.29) is 51.5 Å². The van der Waals surface area contributed by atoms with Gasteiger partial charge in [-0.05, 0) is 6.07 Å². The molecule has 113 valence electrons. The molecule has 0 saturated heterocycles. The van der Waals surface area contributed by atoms with E-state index in [0.29, 0.717) is 22.9 Å². The largest absolute Gasteiger partial charge is 0.551 e. The van der Waals surface area contributed by atoms with Gasteiger partial charge in [-0.25, -0.2) is 0 Å². The zero-order valence-electron chi connectivity index (χ0n) is 12.5. The molecule has 1 radical (unpaired) electrons. The van der Waals surface area contributed by atoms with E-state index >= 15 is 0 Å². The summed E-state index contributed by atoms with van der Waals surface area (Å²) < 4.78 is 15.8. The molecule has 0 spiro atoms. The molecule has 0 bridgehead atoms. The van der Waals surface area contributed by atoms with Crippen LogP contribution in [0.15, 0.2) is 36.5 Å². The average molecular weight is 375 g/mol. The Morgan fingerprint density at radius 1 is 1.27 bits per heavy atom. The minimum absolute atomic E-state index is 0. The number of carbonyl (C=O) groups is 1. The topological polar surface area (TPSA) is 57.7 Å². The van der Waals surface area contributed by atoms with E-state index in [1.54, 1.807) is 43.6 Å². The van der Waals surface area contributed by atoms with Crippen molar-refractivity contribution in [2.24, 2.45) is 0 Å². The van der Waals surface area contributed by atoms with Gasteiger partial charge in [0.25, 0.3) is 0 Å². The van der Waals surface area contributed by atoms with Crippen LogP contribution in [0.4, 0.5) is 0 Å². The number of carbonyl (C=O) groups excluding carboxylic acids is 1. The molecule has 0 aliphatic rings. The fourth-order valence-electron chi connectivity index (χ4n) is 1.80. The second kappa shape index (κ2) is 9.67.